The summed E-state index contributed by atoms with van der Waals surface area (Å²) in [6.45, 7) is 0. The average molecular weight is 317 g/mol. The molecule has 0 aromatic heterocycles. The van der Waals surface area contributed by atoms with Crippen LogP contribution in [0.15, 0.2) is 28.0 Å². The molecule has 0 atom stereocenters. The van der Waals surface area contributed by atoms with E-state index in [1.165, 1.54) is 12.1 Å². The number of sulfone groups is 2. The Kier molecular flexibility index (Phi) is 3.73. The van der Waals surface area contributed by atoms with Crippen molar-refractivity contribution in [2.75, 3.05) is 12.5 Å². The molecule has 0 amide bonds. The zero-order chi connectivity index (χ0) is 15.2. The first-order chi connectivity index (χ1) is 9.04. The van der Waals surface area contributed by atoms with Crippen LogP contribution in [-0.4, -0.2) is 29.3 Å². The summed E-state index contributed by atoms with van der Waals surface area (Å²) in [6.07, 6.45) is 5.59. The first-order valence-electron chi connectivity index (χ1n) is 6.38. The molecule has 5 nitrogen and oxygen atoms in total. The number of nitrogens with two attached hydrogens (primary N) is 1. The lowest BCUT2D eigenvalue weighted by Crippen LogP contribution is -2.33. The fraction of sp³-hybridized carbons (Fsp3) is 0.538. The lowest BCUT2D eigenvalue weighted by atomic mass is 9.89. The minimum Gasteiger partial charge on any atom is -0.321 e. The highest BCUT2D eigenvalue weighted by Crippen LogP contribution is 2.38. The van der Waals surface area contributed by atoms with Crippen LogP contribution >= 0.6 is 0 Å². The molecule has 7 heteroatoms. The van der Waals surface area contributed by atoms with Crippen LogP contribution in [0.5, 0.6) is 0 Å². The van der Waals surface area contributed by atoms with Crippen molar-refractivity contribution >= 4 is 19.7 Å². The molecule has 112 valence electrons. The van der Waals surface area contributed by atoms with Crippen LogP contribution in [0.4, 0.5) is 0 Å². The van der Waals surface area contributed by atoms with E-state index in [9.17, 15) is 16.8 Å². The molecule has 1 aromatic rings. The maximum Gasteiger partial charge on any atom is 0.176 e. The van der Waals surface area contributed by atoms with E-state index >= 15 is 0 Å². The maximum atomic E-state index is 11.9. The predicted molar refractivity (Wildman–Crippen MR) is 77.0 cm³/mol. The molecule has 0 aliphatic heterocycles. The number of hydrogen-bond donors (Lipinski definition) is 1. The molecular weight excluding hydrogens is 298 g/mol. The van der Waals surface area contributed by atoms with Gasteiger partial charge in [-0.3, -0.25) is 0 Å². The van der Waals surface area contributed by atoms with Crippen molar-refractivity contribution in [2.45, 2.75) is 41.0 Å². The van der Waals surface area contributed by atoms with Crippen LogP contribution in [-0.2, 0) is 25.2 Å². The third-order valence-corrected chi connectivity index (χ3v) is 6.23. The molecule has 1 aliphatic rings. The van der Waals surface area contributed by atoms with Gasteiger partial charge in [0.1, 0.15) is 0 Å². The quantitative estimate of drug-likeness (QED) is 0.904. The number of hydrogen-bond acceptors (Lipinski definition) is 5. The summed E-state index contributed by atoms with van der Waals surface area (Å²) in [5, 5.41) is 0. The minimum absolute atomic E-state index is 0.158. The highest BCUT2D eigenvalue weighted by molar-refractivity contribution is 7.93. The smallest absolute Gasteiger partial charge is 0.176 e. The summed E-state index contributed by atoms with van der Waals surface area (Å²) in [5.74, 6) is 0. The Morgan fingerprint density at radius 2 is 1.45 bits per heavy atom. The van der Waals surface area contributed by atoms with Crippen LogP contribution in [0.1, 0.15) is 31.2 Å². The van der Waals surface area contributed by atoms with Crippen LogP contribution < -0.4 is 5.73 Å². The van der Waals surface area contributed by atoms with Gasteiger partial charge >= 0.3 is 0 Å². The third kappa shape index (κ3) is 2.89. The Labute approximate surface area is 120 Å². The van der Waals surface area contributed by atoms with Crippen LogP contribution in [0.25, 0.3) is 0 Å². The largest absolute Gasteiger partial charge is 0.321 e. The molecular formula is C13H19NO4S2. The summed E-state index contributed by atoms with van der Waals surface area (Å²) < 4.78 is 47.2. The SMILES string of the molecule is CS(=O)(=O)c1ccc(C2(N)CCCC2)cc1S(C)(=O)=O. The molecule has 0 bridgehead atoms. The van der Waals surface area contributed by atoms with Gasteiger partial charge in [0.05, 0.1) is 9.79 Å². The zero-order valence-electron chi connectivity index (χ0n) is 11.6. The molecule has 1 aliphatic carbocycles. The van der Waals surface area contributed by atoms with Crippen LogP contribution in [0.2, 0.25) is 0 Å². The third-order valence-electron chi connectivity index (χ3n) is 3.81. The minimum atomic E-state index is -3.63. The Hall–Kier alpha value is -0.920. The second-order valence-corrected chi connectivity index (χ2v) is 9.54. The van der Waals surface area contributed by atoms with Gasteiger partial charge in [0.25, 0.3) is 0 Å². The number of rotatable bonds is 3. The normalized spacial score (nSPS) is 19.1. The molecule has 0 radical (unpaired) electrons. The van der Waals surface area contributed by atoms with Gasteiger partial charge in [-0.25, -0.2) is 16.8 Å². The van der Waals surface area contributed by atoms with Gasteiger partial charge in [0.15, 0.2) is 19.7 Å². The standard InChI is InChI=1S/C13H19NO4S2/c1-19(15,16)11-6-5-10(9-12(11)20(2,17)18)13(14)7-3-4-8-13/h5-6,9H,3-4,7-8,14H2,1-2H3. The Balaban J connectivity index is 2.68. The van der Waals surface area contributed by atoms with E-state index in [0.717, 1.165) is 38.2 Å². The lowest BCUT2D eigenvalue weighted by molar-refractivity contribution is 0.460. The summed E-state index contributed by atoms with van der Waals surface area (Å²) in [5.41, 5.74) is 6.46. The van der Waals surface area contributed by atoms with E-state index in [4.69, 9.17) is 5.73 Å². The van der Waals surface area contributed by atoms with Gasteiger partial charge in [0, 0.05) is 18.1 Å². The van der Waals surface area contributed by atoms with E-state index in [1.54, 1.807) is 6.07 Å². The van der Waals surface area contributed by atoms with Crippen molar-refractivity contribution in [1.29, 1.82) is 0 Å². The number of benzene rings is 1. The summed E-state index contributed by atoms with van der Waals surface area (Å²) in [7, 11) is -7.23. The fourth-order valence-corrected chi connectivity index (χ4v) is 5.13. The van der Waals surface area contributed by atoms with Gasteiger partial charge in [-0.15, -0.1) is 0 Å². The summed E-state index contributed by atoms with van der Waals surface area (Å²) >= 11 is 0. The highest BCUT2D eigenvalue weighted by atomic mass is 32.2. The molecule has 1 saturated carbocycles. The molecule has 2 N–H and O–H groups in total. The van der Waals surface area contributed by atoms with Gasteiger partial charge in [0.2, 0.25) is 0 Å². The Bertz CT molecular complexity index is 730. The van der Waals surface area contributed by atoms with Crippen molar-refractivity contribution in [2.24, 2.45) is 5.73 Å². The topological polar surface area (TPSA) is 94.3 Å². The lowest BCUT2D eigenvalue weighted by Gasteiger charge is -2.25. The molecule has 0 saturated heterocycles. The van der Waals surface area contributed by atoms with Crippen molar-refractivity contribution in [3.63, 3.8) is 0 Å². The second kappa shape index (κ2) is 4.82. The fourth-order valence-electron chi connectivity index (χ4n) is 2.71. The first-order valence-corrected chi connectivity index (χ1v) is 10.2. The van der Waals surface area contributed by atoms with E-state index in [2.05, 4.69) is 0 Å². The van der Waals surface area contributed by atoms with Crippen molar-refractivity contribution in [3.8, 4) is 0 Å². The molecule has 20 heavy (non-hydrogen) atoms. The second-order valence-electron chi connectivity index (χ2n) is 5.57. The average Bonchev–Trinajstić information content (AvgIpc) is 2.74. The summed E-state index contributed by atoms with van der Waals surface area (Å²) in [4.78, 5) is -0.320. The zero-order valence-corrected chi connectivity index (χ0v) is 13.2. The predicted octanol–water partition coefficient (Wildman–Crippen LogP) is 1.22. The van der Waals surface area contributed by atoms with E-state index in [0.29, 0.717) is 5.56 Å². The van der Waals surface area contributed by atoms with Gasteiger partial charge < -0.3 is 5.73 Å². The van der Waals surface area contributed by atoms with Crippen molar-refractivity contribution in [1.82, 2.24) is 0 Å². The van der Waals surface area contributed by atoms with Gasteiger partial charge in [-0.05, 0) is 30.5 Å². The Morgan fingerprint density at radius 1 is 0.950 bits per heavy atom. The van der Waals surface area contributed by atoms with E-state index < -0.39 is 25.2 Å². The van der Waals surface area contributed by atoms with Gasteiger partial charge in [-0.2, -0.15) is 0 Å². The van der Waals surface area contributed by atoms with E-state index in [-0.39, 0.29) is 9.79 Å². The molecule has 2 rings (SSSR count). The molecule has 0 heterocycles. The molecule has 0 spiro atoms. The Morgan fingerprint density at radius 3 is 1.90 bits per heavy atom. The van der Waals surface area contributed by atoms with E-state index in [1.807, 2.05) is 0 Å². The van der Waals surface area contributed by atoms with Crippen molar-refractivity contribution in [3.05, 3.63) is 23.8 Å². The van der Waals surface area contributed by atoms with Gasteiger partial charge in [-0.1, -0.05) is 18.9 Å². The van der Waals surface area contributed by atoms with Crippen LogP contribution in [0, 0.1) is 0 Å². The molecule has 1 aromatic carbocycles. The molecule has 0 unspecified atom stereocenters. The molecule has 1 fully saturated rings. The summed E-state index contributed by atoms with van der Waals surface area (Å²) in [6, 6.07) is 4.42. The first kappa shape index (κ1) is 15.5. The van der Waals surface area contributed by atoms with Crippen molar-refractivity contribution < 1.29 is 16.8 Å². The monoisotopic (exact) mass is 317 g/mol. The maximum absolute atomic E-state index is 11.9. The highest BCUT2D eigenvalue weighted by Gasteiger charge is 2.33. The van der Waals surface area contributed by atoms with Crippen LogP contribution in [0.3, 0.4) is 0 Å².